The average Bonchev–Trinajstić information content (AvgIpc) is 2.89. The lowest BCUT2D eigenvalue weighted by Gasteiger charge is -2.31. The molecular weight excluding hydrogens is 278 g/mol. The van der Waals surface area contributed by atoms with Gasteiger partial charge in [-0.05, 0) is 43.0 Å². The average molecular weight is 294 g/mol. The van der Waals surface area contributed by atoms with Crippen molar-refractivity contribution >= 4 is 28.5 Å². The number of piperidine rings is 1. The van der Waals surface area contributed by atoms with Crippen molar-refractivity contribution in [3.05, 3.63) is 35.0 Å². The normalized spacial score (nSPS) is 19.5. The van der Waals surface area contributed by atoms with Crippen LogP contribution < -0.4 is 0 Å². The smallest absolute Gasteiger partial charge is 0.289 e. The van der Waals surface area contributed by atoms with E-state index in [9.17, 15) is 9.90 Å². The SMILES string of the molecule is O=C(c1cc2cc(Cl)ccc2o1)N1CCCC(CO)C1. The van der Waals surface area contributed by atoms with Crippen molar-refractivity contribution in [1.82, 2.24) is 4.90 Å². The van der Waals surface area contributed by atoms with Crippen molar-refractivity contribution in [2.24, 2.45) is 5.92 Å². The number of benzene rings is 1. The van der Waals surface area contributed by atoms with Crippen LogP contribution in [0.4, 0.5) is 0 Å². The number of fused-ring (bicyclic) bond motifs is 1. The lowest BCUT2D eigenvalue weighted by molar-refractivity contribution is 0.0592. The van der Waals surface area contributed by atoms with E-state index in [2.05, 4.69) is 0 Å². The minimum Gasteiger partial charge on any atom is -0.451 e. The summed E-state index contributed by atoms with van der Waals surface area (Å²) in [5, 5.41) is 10.7. The molecule has 106 valence electrons. The minimum atomic E-state index is -0.115. The van der Waals surface area contributed by atoms with Crippen molar-refractivity contribution in [3.63, 3.8) is 0 Å². The monoisotopic (exact) mass is 293 g/mol. The van der Waals surface area contributed by atoms with Gasteiger partial charge in [-0.15, -0.1) is 0 Å². The molecule has 1 N–H and O–H groups in total. The van der Waals surface area contributed by atoms with E-state index < -0.39 is 0 Å². The van der Waals surface area contributed by atoms with E-state index in [0.29, 0.717) is 29.5 Å². The van der Waals surface area contributed by atoms with Gasteiger partial charge in [-0.2, -0.15) is 0 Å². The quantitative estimate of drug-likeness (QED) is 0.926. The van der Waals surface area contributed by atoms with Crippen LogP contribution in [0.5, 0.6) is 0 Å². The summed E-state index contributed by atoms with van der Waals surface area (Å²) in [6.45, 7) is 1.43. The number of rotatable bonds is 2. The summed E-state index contributed by atoms with van der Waals surface area (Å²) in [5.74, 6) is 0.392. The fraction of sp³-hybridized carbons (Fsp3) is 0.400. The third kappa shape index (κ3) is 2.53. The highest BCUT2D eigenvalue weighted by molar-refractivity contribution is 6.31. The van der Waals surface area contributed by atoms with Crippen LogP contribution in [-0.2, 0) is 0 Å². The van der Waals surface area contributed by atoms with Crippen LogP contribution in [0.1, 0.15) is 23.4 Å². The zero-order valence-electron chi connectivity index (χ0n) is 11.0. The second kappa shape index (κ2) is 5.46. The summed E-state index contributed by atoms with van der Waals surface area (Å²) in [7, 11) is 0. The van der Waals surface area contributed by atoms with Gasteiger partial charge >= 0.3 is 0 Å². The predicted octanol–water partition coefficient (Wildman–Crippen LogP) is 2.93. The molecule has 0 aliphatic carbocycles. The number of carbonyl (C=O) groups is 1. The van der Waals surface area contributed by atoms with Crippen molar-refractivity contribution < 1.29 is 14.3 Å². The number of amides is 1. The molecule has 2 aromatic rings. The molecule has 0 saturated carbocycles. The van der Waals surface area contributed by atoms with E-state index in [1.165, 1.54) is 0 Å². The van der Waals surface area contributed by atoms with Gasteiger partial charge in [0.25, 0.3) is 5.91 Å². The van der Waals surface area contributed by atoms with Gasteiger partial charge in [-0.3, -0.25) is 4.79 Å². The van der Waals surface area contributed by atoms with Crippen molar-refractivity contribution in [2.45, 2.75) is 12.8 Å². The molecule has 1 atom stereocenters. The van der Waals surface area contributed by atoms with E-state index in [4.69, 9.17) is 16.0 Å². The Labute approximate surface area is 121 Å². The van der Waals surface area contributed by atoms with Crippen LogP contribution in [0.15, 0.2) is 28.7 Å². The number of nitrogens with zero attached hydrogens (tertiary/aromatic N) is 1. The number of aliphatic hydroxyl groups is 1. The fourth-order valence-corrected chi connectivity index (χ4v) is 2.85. The minimum absolute atomic E-state index is 0.115. The molecule has 0 bridgehead atoms. The number of halogens is 1. The maximum atomic E-state index is 12.4. The molecule has 1 aliphatic rings. The summed E-state index contributed by atoms with van der Waals surface area (Å²) >= 11 is 5.93. The second-order valence-electron chi connectivity index (χ2n) is 5.23. The molecule has 0 spiro atoms. The van der Waals surface area contributed by atoms with Crippen molar-refractivity contribution in [1.29, 1.82) is 0 Å². The molecule has 0 radical (unpaired) electrons. The number of hydrogen-bond donors (Lipinski definition) is 1. The standard InChI is InChI=1S/C15H16ClNO3/c16-12-3-4-13-11(6-12)7-14(20-13)15(19)17-5-1-2-10(8-17)9-18/h3-4,6-7,10,18H,1-2,5,8-9H2. The molecule has 1 aliphatic heterocycles. The van der Waals surface area contributed by atoms with Gasteiger partial charge in [0.2, 0.25) is 0 Å². The fourth-order valence-electron chi connectivity index (χ4n) is 2.67. The highest BCUT2D eigenvalue weighted by atomic mass is 35.5. The lowest BCUT2D eigenvalue weighted by Crippen LogP contribution is -2.40. The van der Waals surface area contributed by atoms with Gasteiger partial charge in [0.05, 0.1) is 0 Å². The molecule has 4 nitrogen and oxygen atoms in total. The summed E-state index contributed by atoms with van der Waals surface area (Å²) in [4.78, 5) is 14.2. The maximum absolute atomic E-state index is 12.4. The Balaban J connectivity index is 1.84. The molecule has 1 aromatic heterocycles. The molecular formula is C15H16ClNO3. The largest absolute Gasteiger partial charge is 0.451 e. The Hall–Kier alpha value is -1.52. The lowest BCUT2D eigenvalue weighted by atomic mass is 9.99. The zero-order valence-corrected chi connectivity index (χ0v) is 11.8. The molecule has 1 unspecified atom stereocenters. The van der Waals surface area contributed by atoms with E-state index in [0.717, 1.165) is 18.2 Å². The molecule has 2 heterocycles. The Morgan fingerprint density at radius 3 is 3.10 bits per heavy atom. The zero-order chi connectivity index (χ0) is 14.1. The van der Waals surface area contributed by atoms with Crippen LogP contribution in [0.25, 0.3) is 11.0 Å². The highest BCUT2D eigenvalue weighted by Gasteiger charge is 2.26. The van der Waals surface area contributed by atoms with Crippen LogP contribution >= 0.6 is 11.6 Å². The molecule has 1 saturated heterocycles. The predicted molar refractivity (Wildman–Crippen MR) is 76.9 cm³/mol. The Bertz CT molecular complexity index is 637. The van der Waals surface area contributed by atoms with Crippen LogP contribution in [-0.4, -0.2) is 35.6 Å². The first-order chi connectivity index (χ1) is 9.67. The number of hydrogen-bond acceptors (Lipinski definition) is 3. The first-order valence-electron chi connectivity index (χ1n) is 6.76. The maximum Gasteiger partial charge on any atom is 0.289 e. The first kappa shape index (κ1) is 13.5. The topological polar surface area (TPSA) is 53.7 Å². The van der Waals surface area contributed by atoms with E-state index >= 15 is 0 Å². The highest BCUT2D eigenvalue weighted by Crippen LogP contribution is 2.25. The van der Waals surface area contributed by atoms with Gasteiger partial charge in [-0.25, -0.2) is 0 Å². The van der Waals surface area contributed by atoms with Gasteiger partial charge in [0, 0.05) is 30.1 Å². The molecule has 20 heavy (non-hydrogen) atoms. The summed E-state index contributed by atoms with van der Waals surface area (Å²) < 4.78 is 5.59. The van der Waals surface area contributed by atoms with E-state index in [1.54, 1.807) is 29.2 Å². The summed E-state index contributed by atoms with van der Waals surface area (Å²) in [5.41, 5.74) is 0.661. The van der Waals surface area contributed by atoms with Gasteiger partial charge < -0.3 is 14.4 Å². The Morgan fingerprint density at radius 2 is 2.30 bits per heavy atom. The Morgan fingerprint density at radius 1 is 1.45 bits per heavy atom. The molecule has 3 rings (SSSR count). The molecule has 5 heteroatoms. The third-order valence-corrected chi connectivity index (χ3v) is 3.99. The number of aliphatic hydroxyl groups excluding tert-OH is 1. The number of furan rings is 1. The van der Waals surface area contributed by atoms with Gasteiger partial charge in [0.1, 0.15) is 5.58 Å². The summed E-state index contributed by atoms with van der Waals surface area (Å²) in [6.07, 6.45) is 1.89. The summed E-state index contributed by atoms with van der Waals surface area (Å²) in [6, 6.07) is 7.02. The van der Waals surface area contributed by atoms with Crippen LogP contribution in [0.3, 0.4) is 0 Å². The molecule has 1 amide bonds. The van der Waals surface area contributed by atoms with Crippen molar-refractivity contribution in [2.75, 3.05) is 19.7 Å². The van der Waals surface area contributed by atoms with Gasteiger partial charge in [-0.1, -0.05) is 11.6 Å². The second-order valence-corrected chi connectivity index (χ2v) is 5.67. The van der Waals surface area contributed by atoms with Crippen LogP contribution in [0.2, 0.25) is 5.02 Å². The van der Waals surface area contributed by atoms with E-state index in [1.807, 2.05) is 0 Å². The van der Waals surface area contributed by atoms with E-state index in [-0.39, 0.29) is 18.4 Å². The molecule has 1 aromatic carbocycles. The van der Waals surface area contributed by atoms with Gasteiger partial charge in [0.15, 0.2) is 5.76 Å². The Kier molecular flexibility index (Phi) is 3.68. The van der Waals surface area contributed by atoms with Crippen molar-refractivity contribution in [3.8, 4) is 0 Å². The third-order valence-electron chi connectivity index (χ3n) is 3.75. The van der Waals surface area contributed by atoms with Crippen LogP contribution in [0, 0.1) is 5.92 Å². The molecule has 1 fully saturated rings. The first-order valence-corrected chi connectivity index (χ1v) is 7.14. The number of carbonyl (C=O) groups excluding carboxylic acids is 1. The number of likely N-dealkylation sites (tertiary alicyclic amines) is 1.